The lowest BCUT2D eigenvalue weighted by atomic mass is 10.0. The Bertz CT molecular complexity index is 218. The maximum atomic E-state index is 10.8. The van der Waals surface area contributed by atoms with Crippen LogP contribution in [0.3, 0.4) is 0 Å². The summed E-state index contributed by atoms with van der Waals surface area (Å²) in [6.07, 6.45) is 1.92. The van der Waals surface area contributed by atoms with Crippen LogP contribution in [0.5, 0.6) is 0 Å². The van der Waals surface area contributed by atoms with Gasteiger partial charge in [-0.3, -0.25) is 0 Å². The lowest BCUT2D eigenvalue weighted by Crippen LogP contribution is -2.49. The van der Waals surface area contributed by atoms with Crippen molar-refractivity contribution in [3.05, 3.63) is 0 Å². The van der Waals surface area contributed by atoms with Crippen molar-refractivity contribution in [1.82, 2.24) is 4.31 Å². The first-order chi connectivity index (χ1) is 5.04. The summed E-state index contributed by atoms with van der Waals surface area (Å²) in [6, 6.07) is 0. The molecule has 0 saturated carbocycles. The largest absolute Gasteiger partial charge is 0.396 e. The van der Waals surface area contributed by atoms with Gasteiger partial charge in [-0.2, -0.15) is 0 Å². The molecule has 5 heteroatoms. The second-order valence-corrected chi connectivity index (χ2v) is 4.94. The summed E-state index contributed by atoms with van der Waals surface area (Å²) in [5.74, 6) is 0.370. The van der Waals surface area contributed by atoms with Crippen molar-refractivity contribution in [2.45, 2.75) is 6.42 Å². The van der Waals surface area contributed by atoms with Crippen LogP contribution in [-0.4, -0.2) is 43.8 Å². The minimum Gasteiger partial charge on any atom is -0.396 e. The SMILES string of the molecule is CS(=O)(=O)N1CC(CCO)C1. The average Bonchev–Trinajstić information content (AvgIpc) is 1.74. The van der Waals surface area contributed by atoms with Gasteiger partial charge in [-0.15, -0.1) is 0 Å². The van der Waals surface area contributed by atoms with E-state index >= 15 is 0 Å². The molecular weight excluding hydrogens is 166 g/mol. The van der Waals surface area contributed by atoms with Crippen LogP contribution in [0, 0.1) is 5.92 Å². The van der Waals surface area contributed by atoms with E-state index in [1.54, 1.807) is 0 Å². The fourth-order valence-electron chi connectivity index (χ4n) is 1.16. The molecular formula is C6H13NO3S. The topological polar surface area (TPSA) is 57.6 Å². The minimum atomic E-state index is -2.97. The Balaban J connectivity index is 2.30. The van der Waals surface area contributed by atoms with Gasteiger partial charge in [-0.25, -0.2) is 12.7 Å². The van der Waals surface area contributed by atoms with Gasteiger partial charge in [0.05, 0.1) is 6.26 Å². The number of aliphatic hydroxyl groups excluding tert-OH is 1. The molecule has 0 bridgehead atoms. The number of sulfonamides is 1. The van der Waals surface area contributed by atoms with Gasteiger partial charge in [0.2, 0.25) is 10.0 Å². The number of rotatable bonds is 3. The van der Waals surface area contributed by atoms with E-state index in [1.165, 1.54) is 10.6 Å². The van der Waals surface area contributed by atoms with Crippen molar-refractivity contribution in [3.63, 3.8) is 0 Å². The van der Waals surface area contributed by atoms with Crippen molar-refractivity contribution in [2.24, 2.45) is 5.92 Å². The van der Waals surface area contributed by atoms with Gasteiger partial charge in [0.15, 0.2) is 0 Å². The molecule has 4 nitrogen and oxygen atoms in total. The smallest absolute Gasteiger partial charge is 0.211 e. The molecule has 0 radical (unpaired) electrons. The van der Waals surface area contributed by atoms with Crippen LogP contribution in [0.4, 0.5) is 0 Å². The van der Waals surface area contributed by atoms with E-state index in [0.717, 1.165) is 0 Å². The van der Waals surface area contributed by atoms with E-state index in [2.05, 4.69) is 0 Å². The van der Waals surface area contributed by atoms with Crippen molar-refractivity contribution < 1.29 is 13.5 Å². The zero-order valence-corrected chi connectivity index (χ0v) is 7.34. The first kappa shape index (κ1) is 8.96. The molecule has 66 valence electrons. The van der Waals surface area contributed by atoms with Crippen LogP contribution in [0.25, 0.3) is 0 Å². The Kier molecular flexibility index (Phi) is 2.51. The molecule has 1 N–H and O–H groups in total. The zero-order chi connectivity index (χ0) is 8.48. The van der Waals surface area contributed by atoms with E-state index in [1.807, 2.05) is 0 Å². The van der Waals surface area contributed by atoms with E-state index in [9.17, 15) is 8.42 Å². The summed E-state index contributed by atoms with van der Waals surface area (Å²) >= 11 is 0. The predicted octanol–water partition coefficient (Wildman–Crippen LogP) is -0.740. The summed E-state index contributed by atoms with van der Waals surface area (Å²) in [6.45, 7) is 1.32. The normalized spacial score (nSPS) is 21.6. The zero-order valence-electron chi connectivity index (χ0n) is 6.52. The first-order valence-corrected chi connectivity index (χ1v) is 5.45. The number of aliphatic hydroxyl groups is 1. The van der Waals surface area contributed by atoms with Gasteiger partial charge in [0, 0.05) is 19.7 Å². The first-order valence-electron chi connectivity index (χ1n) is 3.60. The molecule has 1 fully saturated rings. The Morgan fingerprint density at radius 1 is 1.55 bits per heavy atom. The minimum absolute atomic E-state index is 0.155. The van der Waals surface area contributed by atoms with Gasteiger partial charge in [0.1, 0.15) is 0 Å². The number of hydrogen-bond acceptors (Lipinski definition) is 3. The van der Waals surface area contributed by atoms with E-state index in [4.69, 9.17) is 5.11 Å². The molecule has 1 heterocycles. The summed E-state index contributed by atoms with van der Waals surface area (Å²) in [4.78, 5) is 0. The Morgan fingerprint density at radius 3 is 2.45 bits per heavy atom. The van der Waals surface area contributed by atoms with E-state index < -0.39 is 10.0 Å². The van der Waals surface area contributed by atoms with Crippen molar-refractivity contribution >= 4 is 10.0 Å². The van der Waals surface area contributed by atoms with Crippen molar-refractivity contribution in [2.75, 3.05) is 26.0 Å². The highest BCUT2D eigenvalue weighted by atomic mass is 32.2. The maximum Gasteiger partial charge on any atom is 0.211 e. The highest BCUT2D eigenvalue weighted by Crippen LogP contribution is 2.20. The molecule has 1 aliphatic heterocycles. The highest BCUT2D eigenvalue weighted by Gasteiger charge is 2.32. The monoisotopic (exact) mass is 179 g/mol. The van der Waals surface area contributed by atoms with Gasteiger partial charge in [-0.05, 0) is 12.3 Å². The van der Waals surface area contributed by atoms with Crippen molar-refractivity contribution in [1.29, 1.82) is 0 Å². The molecule has 11 heavy (non-hydrogen) atoms. The quantitative estimate of drug-likeness (QED) is 0.621. The summed E-state index contributed by atoms with van der Waals surface area (Å²) in [5, 5.41) is 8.52. The average molecular weight is 179 g/mol. The summed E-state index contributed by atoms with van der Waals surface area (Å²) in [5.41, 5.74) is 0. The third-order valence-corrected chi connectivity index (χ3v) is 3.17. The molecule has 0 aliphatic carbocycles. The van der Waals surface area contributed by atoms with Gasteiger partial charge >= 0.3 is 0 Å². The predicted molar refractivity (Wildman–Crippen MR) is 41.6 cm³/mol. The van der Waals surface area contributed by atoms with Crippen molar-refractivity contribution in [3.8, 4) is 0 Å². The molecule has 1 saturated heterocycles. The second kappa shape index (κ2) is 3.08. The van der Waals surface area contributed by atoms with Gasteiger partial charge in [-0.1, -0.05) is 0 Å². The standard InChI is InChI=1S/C6H13NO3S/c1-11(9,10)7-4-6(5-7)2-3-8/h6,8H,2-5H2,1H3. The molecule has 0 atom stereocenters. The summed E-state index contributed by atoms with van der Waals surface area (Å²) < 4.78 is 23.1. The Hall–Kier alpha value is -0.130. The summed E-state index contributed by atoms with van der Waals surface area (Å²) in [7, 11) is -2.97. The maximum absolute atomic E-state index is 10.8. The second-order valence-electron chi connectivity index (χ2n) is 2.96. The molecule has 0 aromatic rings. The molecule has 0 aromatic carbocycles. The number of nitrogens with zero attached hydrogens (tertiary/aromatic N) is 1. The van der Waals surface area contributed by atoms with Crippen LogP contribution in [0.2, 0.25) is 0 Å². The van der Waals surface area contributed by atoms with E-state index in [0.29, 0.717) is 25.4 Å². The lowest BCUT2D eigenvalue weighted by molar-refractivity contribution is 0.155. The fraction of sp³-hybridized carbons (Fsp3) is 1.00. The molecule has 1 rings (SSSR count). The van der Waals surface area contributed by atoms with Crippen LogP contribution in [0.1, 0.15) is 6.42 Å². The highest BCUT2D eigenvalue weighted by molar-refractivity contribution is 7.88. The van der Waals surface area contributed by atoms with Crippen LogP contribution < -0.4 is 0 Å². The third kappa shape index (κ3) is 2.15. The van der Waals surface area contributed by atoms with Crippen LogP contribution in [0.15, 0.2) is 0 Å². The fourth-order valence-corrected chi connectivity index (χ4v) is 2.12. The third-order valence-electron chi connectivity index (χ3n) is 1.93. The molecule has 0 unspecified atom stereocenters. The molecule has 0 aromatic heterocycles. The lowest BCUT2D eigenvalue weighted by Gasteiger charge is -2.36. The molecule has 0 amide bonds. The van der Waals surface area contributed by atoms with Gasteiger partial charge < -0.3 is 5.11 Å². The Morgan fingerprint density at radius 2 is 2.09 bits per heavy atom. The van der Waals surface area contributed by atoms with Crippen LogP contribution in [-0.2, 0) is 10.0 Å². The van der Waals surface area contributed by atoms with Crippen LogP contribution >= 0.6 is 0 Å². The Labute approximate surface area is 66.9 Å². The molecule has 1 aliphatic rings. The van der Waals surface area contributed by atoms with E-state index in [-0.39, 0.29) is 6.61 Å². The van der Waals surface area contributed by atoms with Gasteiger partial charge in [0.25, 0.3) is 0 Å². The molecule has 0 spiro atoms. The number of hydrogen-bond donors (Lipinski definition) is 1.